The Balaban J connectivity index is 2.26. The SMILES string of the molecule is Cc1ccc(C(=O)c2ccccc2NC(=O)C(NC(=O)C(F)(F)F)C(C)C)cc1. The second-order valence-corrected chi connectivity index (χ2v) is 6.92. The zero-order chi connectivity index (χ0) is 21.8. The van der Waals surface area contributed by atoms with Gasteiger partial charge in [0.05, 0.1) is 5.69 Å². The molecule has 0 saturated carbocycles. The maximum atomic E-state index is 12.8. The monoisotopic (exact) mass is 406 g/mol. The first-order valence-electron chi connectivity index (χ1n) is 8.89. The lowest BCUT2D eigenvalue weighted by atomic mass is 9.99. The molecule has 0 saturated heterocycles. The molecular formula is C21H21F3N2O3. The Morgan fingerprint density at radius 3 is 2.07 bits per heavy atom. The molecule has 2 N–H and O–H groups in total. The number of para-hydroxylation sites is 1. The third-order valence-electron chi connectivity index (χ3n) is 4.24. The molecule has 2 amide bonds. The van der Waals surface area contributed by atoms with Crippen LogP contribution in [0.15, 0.2) is 48.5 Å². The standard InChI is InChI=1S/C21H21F3N2O3/c1-12(2)17(26-20(29)21(22,23)24)19(28)25-16-7-5-4-6-15(16)18(27)14-10-8-13(3)9-11-14/h4-12,17H,1-3H3,(H,25,28)(H,26,29). The predicted octanol–water partition coefficient (Wildman–Crippen LogP) is 3.87. The van der Waals surface area contributed by atoms with Gasteiger partial charge in [0.15, 0.2) is 5.78 Å². The molecule has 1 unspecified atom stereocenters. The Hall–Kier alpha value is -3.16. The maximum Gasteiger partial charge on any atom is 0.471 e. The van der Waals surface area contributed by atoms with Crippen LogP contribution in [0.5, 0.6) is 0 Å². The van der Waals surface area contributed by atoms with Crippen LogP contribution in [0.1, 0.15) is 35.3 Å². The van der Waals surface area contributed by atoms with E-state index in [1.54, 1.807) is 41.7 Å². The summed E-state index contributed by atoms with van der Waals surface area (Å²) >= 11 is 0. The summed E-state index contributed by atoms with van der Waals surface area (Å²) in [5.41, 5.74) is 1.72. The molecule has 0 aliphatic rings. The first-order valence-corrected chi connectivity index (χ1v) is 8.89. The van der Waals surface area contributed by atoms with Crippen LogP contribution in [-0.2, 0) is 9.59 Å². The number of anilines is 1. The number of hydrogen-bond donors (Lipinski definition) is 2. The molecule has 0 bridgehead atoms. The van der Waals surface area contributed by atoms with Gasteiger partial charge in [-0.05, 0) is 25.0 Å². The molecule has 0 spiro atoms. The fraction of sp³-hybridized carbons (Fsp3) is 0.286. The molecule has 1 atom stereocenters. The van der Waals surface area contributed by atoms with Crippen molar-refractivity contribution in [3.63, 3.8) is 0 Å². The van der Waals surface area contributed by atoms with Gasteiger partial charge in [0.1, 0.15) is 6.04 Å². The zero-order valence-corrected chi connectivity index (χ0v) is 16.1. The van der Waals surface area contributed by atoms with Crippen LogP contribution in [-0.4, -0.2) is 29.8 Å². The average Bonchev–Trinajstić information content (AvgIpc) is 2.65. The highest BCUT2D eigenvalue weighted by atomic mass is 19.4. The summed E-state index contributed by atoms with van der Waals surface area (Å²) < 4.78 is 37.7. The van der Waals surface area contributed by atoms with Crippen LogP contribution in [0.25, 0.3) is 0 Å². The molecule has 8 heteroatoms. The summed E-state index contributed by atoms with van der Waals surface area (Å²) in [5, 5.41) is 4.17. The van der Waals surface area contributed by atoms with Crippen molar-refractivity contribution in [3.05, 3.63) is 65.2 Å². The van der Waals surface area contributed by atoms with E-state index in [1.165, 1.54) is 26.0 Å². The summed E-state index contributed by atoms with van der Waals surface area (Å²) in [4.78, 5) is 36.6. The molecule has 0 radical (unpaired) electrons. The van der Waals surface area contributed by atoms with E-state index < -0.39 is 30.0 Å². The van der Waals surface area contributed by atoms with Crippen molar-refractivity contribution in [1.29, 1.82) is 0 Å². The molecule has 154 valence electrons. The Bertz CT molecular complexity index is 906. The third kappa shape index (κ3) is 5.66. The minimum atomic E-state index is -5.10. The smallest absolute Gasteiger partial charge is 0.336 e. The van der Waals surface area contributed by atoms with Crippen LogP contribution in [0.3, 0.4) is 0 Å². The lowest BCUT2D eigenvalue weighted by Gasteiger charge is -2.23. The summed E-state index contributed by atoms with van der Waals surface area (Å²) in [6, 6.07) is 11.6. The topological polar surface area (TPSA) is 75.3 Å². The second kappa shape index (κ2) is 8.89. The second-order valence-electron chi connectivity index (χ2n) is 6.92. The van der Waals surface area contributed by atoms with Gasteiger partial charge in [0, 0.05) is 11.1 Å². The summed E-state index contributed by atoms with van der Waals surface area (Å²) in [5.74, 6) is -4.00. The number of nitrogens with one attached hydrogen (secondary N) is 2. The third-order valence-corrected chi connectivity index (χ3v) is 4.24. The van der Waals surface area contributed by atoms with E-state index in [1.807, 2.05) is 6.92 Å². The van der Waals surface area contributed by atoms with Gasteiger partial charge in [0.25, 0.3) is 0 Å². The number of alkyl halides is 3. The van der Waals surface area contributed by atoms with Gasteiger partial charge in [-0.15, -0.1) is 0 Å². The Kier molecular flexibility index (Phi) is 6.79. The van der Waals surface area contributed by atoms with Crippen molar-refractivity contribution in [2.75, 3.05) is 5.32 Å². The fourth-order valence-corrected chi connectivity index (χ4v) is 2.62. The van der Waals surface area contributed by atoms with Gasteiger partial charge in [-0.25, -0.2) is 0 Å². The number of amides is 2. The largest absolute Gasteiger partial charge is 0.471 e. The van der Waals surface area contributed by atoms with Crippen LogP contribution < -0.4 is 10.6 Å². The Labute approximate surface area is 166 Å². The molecule has 0 aliphatic carbocycles. The molecule has 0 heterocycles. The van der Waals surface area contributed by atoms with Crippen molar-refractivity contribution in [2.45, 2.75) is 33.0 Å². The molecule has 0 aromatic heterocycles. The minimum absolute atomic E-state index is 0.148. The maximum absolute atomic E-state index is 12.8. The molecule has 2 aromatic carbocycles. The van der Waals surface area contributed by atoms with Gasteiger partial charge in [-0.2, -0.15) is 13.2 Å². The van der Waals surface area contributed by atoms with Crippen LogP contribution in [0.2, 0.25) is 0 Å². The molecular weight excluding hydrogens is 385 g/mol. The van der Waals surface area contributed by atoms with Gasteiger partial charge in [0.2, 0.25) is 5.91 Å². The van der Waals surface area contributed by atoms with Crippen molar-refractivity contribution in [2.24, 2.45) is 5.92 Å². The Morgan fingerprint density at radius 2 is 1.52 bits per heavy atom. The highest BCUT2D eigenvalue weighted by Gasteiger charge is 2.41. The van der Waals surface area contributed by atoms with E-state index in [-0.39, 0.29) is 17.0 Å². The molecule has 0 aliphatic heterocycles. The number of rotatable bonds is 6. The van der Waals surface area contributed by atoms with E-state index >= 15 is 0 Å². The van der Waals surface area contributed by atoms with Gasteiger partial charge >= 0.3 is 12.1 Å². The number of aryl methyl sites for hydroxylation is 1. The molecule has 29 heavy (non-hydrogen) atoms. The van der Waals surface area contributed by atoms with E-state index in [9.17, 15) is 27.6 Å². The summed E-state index contributed by atoms with van der Waals surface area (Å²) in [6.45, 7) is 4.89. The van der Waals surface area contributed by atoms with E-state index in [4.69, 9.17) is 0 Å². The van der Waals surface area contributed by atoms with E-state index in [0.717, 1.165) is 5.56 Å². The minimum Gasteiger partial charge on any atom is -0.336 e. The summed E-state index contributed by atoms with van der Waals surface area (Å²) in [7, 11) is 0. The van der Waals surface area contributed by atoms with E-state index in [2.05, 4.69) is 5.32 Å². The molecule has 5 nitrogen and oxygen atoms in total. The van der Waals surface area contributed by atoms with Crippen molar-refractivity contribution in [3.8, 4) is 0 Å². The van der Waals surface area contributed by atoms with Crippen molar-refractivity contribution in [1.82, 2.24) is 5.32 Å². The number of benzene rings is 2. The lowest BCUT2D eigenvalue weighted by Crippen LogP contribution is -2.51. The van der Waals surface area contributed by atoms with Crippen LogP contribution in [0, 0.1) is 12.8 Å². The predicted molar refractivity (Wildman–Crippen MR) is 103 cm³/mol. The number of hydrogen-bond acceptors (Lipinski definition) is 3. The number of carbonyl (C=O) groups excluding carboxylic acids is 3. The first kappa shape index (κ1) is 22.1. The van der Waals surface area contributed by atoms with Gasteiger partial charge < -0.3 is 10.6 Å². The normalized spacial score (nSPS) is 12.4. The highest BCUT2D eigenvalue weighted by Crippen LogP contribution is 2.21. The molecule has 0 fully saturated rings. The first-order chi connectivity index (χ1) is 13.5. The van der Waals surface area contributed by atoms with Gasteiger partial charge in [-0.1, -0.05) is 55.8 Å². The Morgan fingerprint density at radius 1 is 0.931 bits per heavy atom. The molecule has 2 rings (SSSR count). The lowest BCUT2D eigenvalue weighted by molar-refractivity contribution is -0.175. The number of halogens is 3. The van der Waals surface area contributed by atoms with Crippen molar-refractivity contribution < 1.29 is 27.6 Å². The highest BCUT2D eigenvalue weighted by molar-refractivity contribution is 6.14. The fourth-order valence-electron chi connectivity index (χ4n) is 2.62. The van der Waals surface area contributed by atoms with Crippen LogP contribution in [0.4, 0.5) is 18.9 Å². The average molecular weight is 406 g/mol. The zero-order valence-electron chi connectivity index (χ0n) is 16.1. The van der Waals surface area contributed by atoms with Gasteiger partial charge in [-0.3, -0.25) is 14.4 Å². The quantitative estimate of drug-likeness (QED) is 0.716. The van der Waals surface area contributed by atoms with Crippen LogP contribution >= 0.6 is 0 Å². The number of ketones is 1. The number of carbonyl (C=O) groups is 3. The summed E-state index contributed by atoms with van der Waals surface area (Å²) in [6.07, 6.45) is -5.10. The van der Waals surface area contributed by atoms with E-state index in [0.29, 0.717) is 5.56 Å². The van der Waals surface area contributed by atoms with Crippen molar-refractivity contribution >= 4 is 23.3 Å². The molecule has 2 aromatic rings.